The lowest BCUT2D eigenvalue weighted by Crippen LogP contribution is -2.05. The second-order valence-electron chi connectivity index (χ2n) is 3.26. The Morgan fingerprint density at radius 3 is 2.00 bits per heavy atom. The Labute approximate surface area is 99.2 Å². The third-order valence-corrected chi connectivity index (χ3v) is 2.54. The van der Waals surface area contributed by atoms with Crippen LogP contribution in [0, 0.1) is 5.82 Å². The van der Waals surface area contributed by atoms with E-state index in [1.54, 1.807) is 0 Å². The molecule has 0 aliphatic rings. The van der Waals surface area contributed by atoms with Crippen LogP contribution in [0.3, 0.4) is 0 Å². The molecule has 0 spiro atoms. The predicted molar refractivity (Wildman–Crippen MR) is 59.1 cm³/mol. The van der Waals surface area contributed by atoms with Crippen molar-refractivity contribution in [2.75, 3.05) is 20.5 Å². The van der Waals surface area contributed by atoms with Crippen molar-refractivity contribution < 1.29 is 26.5 Å². The van der Waals surface area contributed by atoms with Gasteiger partial charge in [-0.05, 0) is 0 Å². The molecule has 0 saturated heterocycles. The van der Waals surface area contributed by atoms with E-state index < -0.39 is 15.9 Å². The zero-order chi connectivity index (χ0) is 13.1. The van der Waals surface area contributed by atoms with E-state index in [-0.39, 0.29) is 18.1 Å². The summed E-state index contributed by atoms with van der Waals surface area (Å²) < 4.78 is 49.4. The van der Waals surface area contributed by atoms with E-state index in [9.17, 15) is 12.8 Å². The van der Waals surface area contributed by atoms with E-state index in [0.29, 0.717) is 5.56 Å². The molecule has 96 valence electrons. The van der Waals surface area contributed by atoms with Crippen LogP contribution in [0.1, 0.15) is 5.56 Å². The number of rotatable bonds is 5. The summed E-state index contributed by atoms with van der Waals surface area (Å²) in [7, 11) is -0.896. The summed E-state index contributed by atoms with van der Waals surface area (Å²) in [4.78, 5) is 0. The van der Waals surface area contributed by atoms with Gasteiger partial charge in [-0.3, -0.25) is 4.18 Å². The summed E-state index contributed by atoms with van der Waals surface area (Å²) in [5.74, 6) is -0.196. The molecule has 0 N–H and O–H groups in total. The Balaban J connectivity index is 3.11. The number of benzene rings is 1. The molecule has 0 unspecified atom stereocenters. The smallest absolute Gasteiger partial charge is 0.264 e. The minimum Gasteiger partial charge on any atom is -0.496 e. The van der Waals surface area contributed by atoms with E-state index in [1.807, 2.05) is 0 Å². The lowest BCUT2D eigenvalue weighted by atomic mass is 10.2. The van der Waals surface area contributed by atoms with E-state index >= 15 is 0 Å². The van der Waals surface area contributed by atoms with E-state index in [0.717, 1.165) is 18.4 Å². The first-order valence-electron chi connectivity index (χ1n) is 4.62. The van der Waals surface area contributed by atoms with Crippen molar-refractivity contribution in [1.82, 2.24) is 0 Å². The molecular formula is C10H13FO5S. The predicted octanol–water partition coefficient (Wildman–Crippen LogP) is 1.32. The quantitative estimate of drug-likeness (QED) is 0.750. The van der Waals surface area contributed by atoms with Crippen LogP contribution in [-0.4, -0.2) is 28.9 Å². The maximum atomic E-state index is 13.1. The monoisotopic (exact) mass is 264 g/mol. The molecule has 1 aromatic rings. The highest BCUT2D eigenvalue weighted by Crippen LogP contribution is 2.30. The standard InChI is InChI=1S/C10H13FO5S/c1-14-9-4-7(11)5-10(15-2)8(9)6-16-17(3,12)13/h4-5H,6H2,1-3H3. The van der Waals surface area contributed by atoms with Crippen LogP contribution in [0.5, 0.6) is 11.5 Å². The fourth-order valence-electron chi connectivity index (χ4n) is 1.26. The molecule has 1 rings (SSSR count). The van der Waals surface area contributed by atoms with Gasteiger partial charge < -0.3 is 9.47 Å². The number of ether oxygens (including phenoxy) is 2. The Kier molecular flexibility index (Phi) is 4.30. The van der Waals surface area contributed by atoms with E-state index in [1.165, 1.54) is 14.2 Å². The maximum absolute atomic E-state index is 13.1. The van der Waals surface area contributed by atoms with Crippen LogP contribution in [0.25, 0.3) is 0 Å². The normalized spacial score (nSPS) is 11.3. The lowest BCUT2D eigenvalue weighted by molar-refractivity contribution is 0.291. The van der Waals surface area contributed by atoms with Gasteiger partial charge in [0.25, 0.3) is 10.1 Å². The molecule has 0 aliphatic heterocycles. The SMILES string of the molecule is COc1cc(F)cc(OC)c1COS(C)(=O)=O. The molecule has 0 fully saturated rings. The summed E-state index contributed by atoms with van der Waals surface area (Å²) in [6.07, 6.45) is 0.926. The number of hydrogen-bond donors (Lipinski definition) is 0. The molecule has 0 radical (unpaired) electrons. The highest BCUT2D eigenvalue weighted by Gasteiger charge is 2.15. The third-order valence-electron chi connectivity index (χ3n) is 1.99. The van der Waals surface area contributed by atoms with Gasteiger partial charge in [-0.1, -0.05) is 0 Å². The third kappa shape index (κ3) is 3.86. The Morgan fingerprint density at radius 1 is 1.18 bits per heavy atom. The molecule has 0 aromatic heterocycles. The number of methoxy groups -OCH3 is 2. The minimum atomic E-state index is -3.59. The first-order chi connectivity index (χ1) is 7.87. The molecule has 5 nitrogen and oxygen atoms in total. The van der Waals surface area contributed by atoms with Crippen LogP contribution in [0.15, 0.2) is 12.1 Å². The Morgan fingerprint density at radius 2 is 1.65 bits per heavy atom. The van der Waals surface area contributed by atoms with Gasteiger partial charge in [0, 0.05) is 12.1 Å². The van der Waals surface area contributed by atoms with Crippen molar-refractivity contribution in [2.24, 2.45) is 0 Å². The topological polar surface area (TPSA) is 61.8 Å². The fourth-order valence-corrected chi connectivity index (χ4v) is 1.59. The fraction of sp³-hybridized carbons (Fsp3) is 0.400. The summed E-state index contributed by atoms with van der Waals surface area (Å²) in [5, 5.41) is 0. The van der Waals surface area contributed by atoms with Crippen LogP contribution < -0.4 is 9.47 Å². The average Bonchev–Trinajstić information content (AvgIpc) is 2.24. The average molecular weight is 264 g/mol. The van der Waals surface area contributed by atoms with Crippen LogP contribution in [0.4, 0.5) is 4.39 Å². The van der Waals surface area contributed by atoms with Gasteiger partial charge in [0.1, 0.15) is 17.3 Å². The first-order valence-corrected chi connectivity index (χ1v) is 6.44. The summed E-state index contributed by atoms with van der Waals surface area (Å²) in [6.45, 7) is -0.272. The first kappa shape index (κ1) is 13.7. The van der Waals surface area contributed by atoms with Crippen LogP contribution in [0.2, 0.25) is 0 Å². The van der Waals surface area contributed by atoms with Crippen LogP contribution >= 0.6 is 0 Å². The van der Waals surface area contributed by atoms with Gasteiger partial charge >= 0.3 is 0 Å². The zero-order valence-corrected chi connectivity index (χ0v) is 10.5. The molecule has 0 bridgehead atoms. The molecule has 0 atom stereocenters. The summed E-state index contributed by atoms with van der Waals surface area (Å²) >= 11 is 0. The molecule has 1 aromatic carbocycles. The molecule has 0 amide bonds. The van der Waals surface area contributed by atoms with Crippen molar-refractivity contribution in [3.8, 4) is 11.5 Å². The van der Waals surface area contributed by atoms with Gasteiger partial charge in [-0.25, -0.2) is 4.39 Å². The van der Waals surface area contributed by atoms with Crippen molar-refractivity contribution in [1.29, 1.82) is 0 Å². The van der Waals surface area contributed by atoms with E-state index in [2.05, 4.69) is 4.18 Å². The maximum Gasteiger partial charge on any atom is 0.264 e. The van der Waals surface area contributed by atoms with Crippen LogP contribution in [-0.2, 0) is 20.9 Å². The largest absolute Gasteiger partial charge is 0.496 e. The molecule has 0 saturated carbocycles. The highest BCUT2D eigenvalue weighted by molar-refractivity contribution is 7.85. The van der Waals surface area contributed by atoms with Crippen molar-refractivity contribution >= 4 is 10.1 Å². The number of halogens is 1. The molecular weight excluding hydrogens is 251 g/mol. The van der Waals surface area contributed by atoms with Gasteiger partial charge in [0.2, 0.25) is 0 Å². The van der Waals surface area contributed by atoms with E-state index in [4.69, 9.17) is 9.47 Å². The Hall–Kier alpha value is -1.34. The van der Waals surface area contributed by atoms with Crippen molar-refractivity contribution in [2.45, 2.75) is 6.61 Å². The molecule has 0 heterocycles. The zero-order valence-electron chi connectivity index (χ0n) is 9.69. The molecule has 0 aliphatic carbocycles. The highest BCUT2D eigenvalue weighted by atomic mass is 32.2. The summed E-state index contributed by atoms with van der Waals surface area (Å²) in [6, 6.07) is 2.26. The second kappa shape index (κ2) is 5.33. The second-order valence-corrected chi connectivity index (χ2v) is 4.90. The minimum absolute atomic E-state index is 0.172. The van der Waals surface area contributed by atoms with Gasteiger partial charge in [0.15, 0.2) is 0 Å². The molecule has 17 heavy (non-hydrogen) atoms. The number of hydrogen-bond acceptors (Lipinski definition) is 5. The summed E-state index contributed by atoms with van der Waals surface area (Å²) in [5.41, 5.74) is 0.335. The van der Waals surface area contributed by atoms with Gasteiger partial charge in [0.05, 0.1) is 32.6 Å². The van der Waals surface area contributed by atoms with Crippen molar-refractivity contribution in [3.05, 3.63) is 23.5 Å². The van der Waals surface area contributed by atoms with Gasteiger partial charge in [-0.15, -0.1) is 0 Å². The Bertz CT molecular complexity index is 472. The van der Waals surface area contributed by atoms with Crippen molar-refractivity contribution in [3.63, 3.8) is 0 Å². The van der Waals surface area contributed by atoms with Gasteiger partial charge in [-0.2, -0.15) is 8.42 Å². The lowest BCUT2D eigenvalue weighted by Gasteiger charge is -2.12. The molecule has 7 heteroatoms.